The van der Waals surface area contributed by atoms with E-state index in [9.17, 15) is 39.0 Å². The normalized spacial score (nSPS) is 17.9. The van der Waals surface area contributed by atoms with E-state index in [-0.39, 0.29) is 25.9 Å². The van der Waals surface area contributed by atoms with Crippen LogP contribution in [0.15, 0.2) is 0 Å². The van der Waals surface area contributed by atoms with Crippen LogP contribution in [0.1, 0.15) is 26.7 Å². The summed E-state index contributed by atoms with van der Waals surface area (Å²) in [6.45, 7) is 2.63. The molecule has 0 radical (unpaired) electrons. The van der Waals surface area contributed by atoms with Crippen LogP contribution in [-0.4, -0.2) is 138 Å². The number of rotatable bonds is 22. The molecule has 252 valence electrons. The van der Waals surface area contributed by atoms with Crippen molar-refractivity contribution in [2.24, 2.45) is 17.8 Å². The fourth-order valence-electron chi connectivity index (χ4n) is 3.55. The van der Waals surface area contributed by atoms with Gasteiger partial charge in [-0.05, 0) is 13.8 Å². The number of carbonyl (C=O) groups is 6. The Bertz CT molecular complexity index is 947. The first-order valence-electron chi connectivity index (χ1n) is 13.7. The molecule has 0 aromatic heterocycles. The Kier molecular flexibility index (Phi) is 18.1. The first-order chi connectivity index (χ1) is 20.8. The Hall–Kier alpha value is -3.38. The smallest absolute Gasteiger partial charge is 0.348 e. The summed E-state index contributed by atoms with van der Waals surface area (Å²) < 4.78 is 44.6. The molecule has 7 atom stereocenters. The molecule has 1 heterocycles. The maximum Gasteiger partial charge on any atom is 0.348 e. The van der Waals surface area contributed by atoms with Crippen molar-refractivity contribution in [1.29, 1.82) is 0 Å². The van der Waals surface area contributed by atoms with Crippen LogP contribution in [0.2, 0.25) is 0 Å². The van der Waals surface area contributed by atoms with E-state index in [4.69, 9.17) is 28.4 Å². The lowest BCUT2D eigenvalue weighted by atomic mass is 9.86. The van der Waals surface area contributed by atoms with E-state index in [2.05, 4.69) is 14.2 Å². The minimum Gasteiger partial charge on any atom is -0.469 e. The van der Waals surface area contributed by atoms with Gasteiger partial charge in [-0.1, -0.05) is 0 Å². The summed E-state index contributed by atoms with van der Waals surface area (Å²) in [4.78, 5) is 75.5. The van der Waals surface area contributed by atoms with Crippen LogP contribution in [-0.2, 0) is 71.4 Å². The quantitative estimate of drug-likeness (QED) is 0.0584. The third-order valence-corrected chi connectivity index (χ3v) is 6.08. The van der Waals surface area contributed by atoms with Gasteiger partial charge in [-0.3, -0.25) is 24.0 Å². The van der Waals surface area contributed by atoms with E-state index >= 15 is 0 Å². The van der Waals surface area contributed by atoms with Gasteiger partial charge in [-0.2, -0.15) is 0 Å². The predicted molar refractivity (Wildman–Crippen MR) is 142 cm³/mol. The molecule has 1 saturated heterocycles. The maximum atomic E-state index is 13.1. The van der Waals surface area contributed by atoms with E-state index in [1.165, 1.54) is 13.8 Å². The summed E-state index contributed by atoms with van der Waals surface area (Å²) in [6, 6.07) is 0. The molecule has 0 spiro atoms. The van der Waals surface area contributed by atoms with Crippen molar-refractivity contribution in [3.63, 3.8) is 0 Å². The number of hydrogen-bond donors (Lipinski definition) is 2. The van der Waals surface area contributed by atoms with Gasteiger partial charge < -0.3 is 52.8 Å². The van der Waals surface area contributed by atoms with E-state index < -0.39 is 97.9 Å². The number of methoxy groups -OCH3 is 3. The summed E-state index contributed by atoms with van der Waals surface area (Å²) in [5.74, 6) is -11.3. The predicted octanol–water partition coefficient (Wildman–Crippen LogP) is -1.67. The van der Waals surface area contributed by atoms with Gasteiger partial charge in [-0.25, -0.2) is 4.79 Å². The van der Waals surface area contributed by atoms with Crippen LogP contribution in [0.5, 0.6) is 0 Å². The van der Waals surface area contributed by atoms with Crippen molar-refractivity contribution < 1.29 is 81.6 Å². The van der Waals surface area contributed by atoms with Gasteiger partial charge in [0.2, 0.25) is 6.10 Å². The molecule has 1 aliphatic heterocycles. The molecule has 0 aromatic rings. The fourth-order valence-corrected chi connectivity index (χ4v) is 3.55. The van der Waals surface area contributed by atoms with Gasteiger partial charge in [0.1, 0.15) is 31.3 Å². The molecule has 1 aliphatic rings. The van der Waals surface area contributed by atoms with Crippen LogP contribution in [0, 0.1) is 17.8 Å². The topological polar surface area (TPSA) is 229 Å². The Morgan fingerprint density at radius 1 is 0.727 bits per heavy atom. The van der Waals surface area contributed by atoms with Crippen LogP contribution >= 0.6 is 0 Å². The monoisotopic (exact) mass is 638 g/mol. The second-order valence-corrected chi connectivity index (χ2v) is 9.81. The van der Waals surface area contributed by atoms with Crippen LogP contribution in [0.25, 0.3) is 0 Å². The fraction of sp³-hybridized carbons (Fsp3) is 0.778. The zero-order chi connectivity index (χ0) is 33.2. The average Bonchev–Trinajstić information content (AvgIpc) is 3.83. The van der Waals surface area contributed by atoms with Crippen molar-refractivity contribution >= 4 is 35.8 Å². The van der Waals surface area contributed by atoms with E-state index in [0.29, 0.717) is 13.2 Å². The average molecular weight is 639 g/mol. The van der Waals surface area contributed by atoms with E-state index in [1.807, 2.05) is 0 Å². The largest absolute Gasteiger partial charge is 0.469 e. The van der Waals surface area contributed by atoms with Crippen molar-refractivity contribution in [3.8, 4) is 0 Å². The molecule has 0 aromatic carbocycles. The lowest BCUT2D eigenvalue weighted by Crippen LogP contribution is -2.41. The van der Waals surface area contributed by atoms with Crippen LogP contribution in [0.3, 0.4) is 0 Å². The third-order valence-electron chi connectivity index (χ3n) is 6.08. The van der Waals surface area contributed by atoms with Gasteiger partial charge in [0.05, 0.1) is 85.1 Å². The number of carbonyl (C=O) groups excluding carboxylic acids is 6. The van der Waals surface area contributed by atoms with Crippen molar-refractivity contribution in [2.75, 3.05) is 67.6 Å². The highest BCUT2D eigenvalue weighted by atomic mass is 16.6. The molecule has 0 amide bonds. The second kappa shape index (κ2) is 20.6. The molecule has 44 heavy (non-hydrogen) atoms. The zero-order valence-electron chi connectivity index (χ0n) is 25.4. The van der Waals surface area contributed by atoms with Crippen LogP contribution in [0.4, 0.5) is 0 Å². The SMILES string of the molecule is COC(=O)CC(C(=O)OCC(O)COCCOCC1CO1)C(CC(=O)OC(C(=O)OC)C(C)C(=O)OC)C(=O)OCC(C)O. The minimum absolute atomic E-state index is 0.0886. The molecule has 0 saturated carbocycles. The van der Waals surface area contributed by atoms with E-state index in [1.54, 1.807) is 0 Å². The molecular formula is C27H42O17. The third kappa shape index (κ3) is 14.9. The molecule has 0 bridgehead atoms. The number of esters is 6. The highest BCUT2D eigenvalue weighted by Crippen LogP contribution is 2.26. The molecule has 7 unspecified atom stereocenters. The van der Waals surface area contributed by atoms with Crippen molar-refractivity contribution in [1.82, 2.24) is 0 Å². The van der Waals surface area contributed by atoms with Gasteiger partial charge >= 0.3 is 35.8 Å². The highest BCUT2D eigenvalue weighted by Gasteiger charge is 2.42. The van der Waals surface area contributed by atoms with Crippen molar-refractivity contribution in [3.05, 3.63) is 0 Å². The minimum atomic E-state index is -1.78. The Morgan fingerprint density at radius 2 is 1.27 bits per heavy atom. The molecule has 17 heteroatoms. The summed E-state index contributed by atoms with van der Waals surface area (Å²) in [5.41, 5.74) is 0. The Balaban J connectivity index is 3.02. The number of ether oxygens (including phenoxy) is 9. The lowest BCUT2D eigenvalue weighted by molar-refractivity contribution is -0.178. The van der Waals surface area contributed by atoms with Crippen LogP contribution < -0.4 is 0 Å². The highest BCUT2D eigenvalue weighted by molar-refractivity contribution is 5.90. The first-order valence-corrected chi connectivity index (χ1v) is 13.7. The second-order valence-electron chi connectivity index (χ2n) is 9.81. The number of epoxide rings is 1. The van der Waals surface area contributed by atoms with E-state index in [0.717, 1.165) is 21.3 Å². The molecule has 17 nitrogen and oxygen atoms in total. The summed E-state index contributed by atoms with van der Waals surface area (Å²) in [5, 5.41) is 19.7. The molecule has 1 rings (SSSR count). The molecule has 0 aliphatic carbocycles. The summed E-state index contributed by atoms with van der Waals surface area (Å²) >= 11 is 0. The van der Waals surface area contributed by atoms with Gasteiger partial charge in [0.25, 0.3) is 0 Å². The number of hydrogen-bond acceptors (Lipinski definition) is 17. The Labute approximate surface area is 254 Å². The maximum absolute atomic E-state index is 13.1. The molecule has 2 N–H and O–H groups in total. The first kappa shape index (κ1) is 38.6. The Morgan fingerprint density at radius 3 is 1.80 bits per heavy atom. The lowest BCUT2D eigenvalue weighted by Gasteiger charge is -2.25. The summed E-state index contributed by atoms with van der Waals surface area (Å²) in [7, 11) is 3.07. The standard InChI is InChI=1S/C27H42O17/c1-15(28)10-42-25(33)20(9-22(31)44-23(27(35)38-5)16(2)24(32)37-4)19(8-21(30)36-3)26(34)43-12-17(29)11-39-6-7-40-13-18-14-41-18/h15-20,23,28-29H,6-14H2,1-5H3. The van der Waals surface area contributed by atoms with Gasteiger partial charge in [0.15, 0.2) is 0 Å². The van der Waals surface area contributed by atoms with Crippen molar-refractivity contribution in [2.45, 2.75) is 51.1 Å². The number of aliphatic hydroxyl groups is 2. The molecular weight excluding hydrogens is 596 g/mol. The zero-order valence-corrected chi connectivity index (χ0v) is 25.4. The summed E-state index contributed by atoms with van der Waals surface area (Å²) in [6.07, 6.45) is -5.80. The number of aliphatic hydroxyl groups excluding tert-OH is 2. The van der Waals surface area contributed by atoms with Gasteiger partial charge in [-0.15, -0.1) is 0 Å². The van der Waals surface area contributed by atoms with Gasteiger partial charge in [0, 0.05) is 0 Å². The molecule has 1 fully saturated rings.